The number of phenols is 2. The predicted molar refractivity (Wildman–Crippen MR) is 108 cm³/mol. The van der Waals surface area contributed by atoms with Crippen LogP contribution in [-0.2, 0) is 0 Å². The zero-order chi connectivity index (χ0) is 20.3. The minimum atomic E-state index is -0.498. The third-order valence-corrected chi connectivity index (χ3v) is 4.66. The highest BCUT2D eigenvalue weighted by molar-refractivity contribution is 6.33. The topological polar surface area (TPSA) is 123 Å². The highest BCUT2D eigenvalue weighted by Gasteiger charge is 2.37. The molecule has 0 bridgehead atoms. The number of benzene rings is 2. The zero-order valence-corrected chi connectivity index (χ0v) is 15.8. The van der Waals surface area contributed by atoms with Crippen molar-refractivity contribution in [2.24, 2.45) is 0 Å². The van der Waals surface area contributed by atoms with E-state index in [1.807, 2.05) is 14.1 Å². The predicted octanol–water partition coefficient (Wildman–Crippen LogP) is 1.14. The maximum Gasteiger partial charge on any atom is 0.200 e. The van der Waals surface area contributed by atoms with Gasteiger partial charge >= 0.3 is 0 Å². The Morgan fingerprint density at radius 3 is 1.39 bits per heavy atom. The molecule has 0 unspecified atom stereocenters. The molecule has 1 aliphatic rings. The Balaban J connectivity index is 2.16. The van der Waals surface area contributed by atoms with Crippen LogP contribution >= 0.6 is 0 Å². The van der Waals surface area contributed by atoms with Crippen LogP contribution in [0.3, 0.4) is 0 Å². The van der Waals surface area contributed by atoms with E-state index < -0.39 is 11.6 Å². The van der Waals surface area contributed by atoms with Gasteiger partial charge in [0.1, 0.15) is 11.5 Å². The smallest absolute Gasteiger partial charge is 0.200 e. The van der Waals surface area contributed by atoms with Crippen LogP contribution in [0.4, 0.5) is 11.4 Å². The molecular formula is C20H24N4O4. The summed E-state index contributed by atoms with van der Waals surface area (Å²) in [6.07, 6.45) is 0. The van der Waals surface area contributed by atoms with Crippen LogP contribution in [0.2, 0.25) is 0 Å². The van der Waals surface area contributed by atoms with Crippen molar-refractivity contribution in [1.82, 2.24) is 10.6 Å². The number of carbonyl (C=O) groups excluding carboxylic acids is 2. The van der Waals surface area contributed by atoms with Gasteiger partial charge in [0.2, 0.25) is 11.6 Å². The quantitative estimate of drug-likeness (QED) is 0.252. The van der Waals surface area contributed by atoms with Gasteiger partial charge in [0.15, 0.2) is 0 Å². The number of phenolic OH excluding ortho intramolecular Hbond substituents is 2. The minimum Gasteiger partial charge on any atom is -0.507 e. The average Bonchev–Trinajstić information content (AvgIpc) is 2.68. The molecule has 0 saturated heterocycles. The summed E-state index contributed by atoms with van der Waals surface area (Å²) >= 11 is 0. The van der Waals surface area contributed by atoms with Gasteiger partial charge in [0.25, 0.3) is 0 Å². The van der Waals surface area contributed by atoms with E-state index in [0.717, 1.165) is 0 Å². The lowest BCUT2D eigenvalue weighted by Crippen LogP contribution is -2.27. The lowest BCUT2D eigenvalue weighted by molar-refractivity contribution is 0.0975. The molecule has 0 aliphatic heterocycles. The van der Waals surface area contributed by atoms with Crippen molar-refractivity contribution in [3.8, 4) is 11.5 Å². The molecule has 148 valence electrons. The first kappa shape index (κ1) is 19.7. The van der Waals surface area contributed by atoms with Gasteiger partial charge in [-0.25, -0.2) is 0 Å². The molecule has 0 fully saturated rings. The number of rotatable bonds is 8. The molecule has 28 heavy (non-hydrogen) atoms. The third kappa shape index (κ3) is 3.39. The second-order valence-electron chi connectivity index (χ2n) is 6.48. The monoisotopic (exact) mass is 384 g/mol. The molecule has 0 amide bonds. The molecule has 3 rings (SSSR count). The van der Waals surface area contributed by atoms with E-state index in [1.54, 1.807) is 12.1 Å². The second kappa shape index (κ2) is 8.28. The molecule has 0 heterocycles. The molecular weight excluding hydrogens is 360 g/mol. The number of likely N-dealkylation sites (N-methyl/N-ethyl adjacent to an activating group) is 2. The highest BCUT2D eigenvalue weighted by Crippen LogP contribution is 2.42. The van der Waals surface area contributed by atoms with Gasteiger partial charge in [0, 0.05) is 37.6 Å². The summed E-state index contributed by atoms with van der Waals surface area (Å²) in [6.45, 7) is 2.44. The lowest BCUT2D eigenvalue weighted by Gasteiger charge is -2.25. The Morgan fingerprint density at radius 1 is 0.643 bits per heavy atom. The normalized spacial score (nSPS) is 12.5. The Bertz CT molecular complexity index is 853. The molecule has 2 aromatic rings. The van der Waals surface area contributed by atoms with Gasteiger partial charge in [-0.2, -0.15) is 0 Å². The summed E-state index contributed by atoms with van der Waals surface area (Å²) in [7, 11) is 3.63. The number of fused-ring (bicyclic) bond motifs is 2. The van der Waals surface area contributed by atoms with Gasteiger partial charge in [-0.05, 0) is 38.4 Å². The van der Waals surface area contributed by atoms with E-state index in [0.29, 0.717) is 37.6 Å². The fourth-order valence-electron chi connectivity index (χ4n) is 3.30. The maximum absolute atomic E-state index is 13.2. The van der Waals surface area contributed by atoms with Crippen LogP contribution in [0, 0.1) is 0 Å². The van der Waals surface area contributed by atoms with E-state index in [-0.39, 0.29) is 33.8 Å². The number of hydrogen-bond donors (Lipinski definition) is 6. The SMILES string of the molecule is CNCCNc1ccc(NCCNC)c2c1C(=O)c1c(O)ccc(O)c1C2=O. The molecule has 0 spiro atoms. The minimum absolute atomic E-state index is 0.165. The van der Waals surface area contributed by atoms with Gasteiger partial charge < -0.3 is 31.5 Å². The highest BCUT2D eigenvalue weighted by atomic mass is 16.3. The van der Waals surface area contributed by atoms with Crippen LogP contribution in [0.5, 0.6) is 11.5 Å². The summed E-state index contributed by atoms with van der Waals surface area (Å²) in [6, 6.07) is 5.92. The van der Waals surface area contributed by atoms with Crippen molar-refractivity contribution in [3.05, 3.63) is 46.5 Å². The van der Waals surface area contributed by atoms with Gasteiger partial charge in [-0.3, -0.25) is 9.59 Å². The molecule has 1 aliphatic carbocycles. The number of anilines is 2. The lowest BCUT2D eigenvalue weighted by atomic mass is 9.81. The number of ketones is 2. The zero-order valence-electron chi connectivity index (χ0n) is 15.8. The molecule has 0 saturated carbocycles. The summed E-state index contributed by atoms with van der Waals surface area (Å²) in [5.41, 5.74) is 1.09. The first-order valence-electron chi connectivity index (χ1n) is 9.09. The summed E-state index contributed by atoms with van der Waals surface area (Å²) in [5, 5.41) is 32.8. The van der Waals surface area contributed by atoms with Gasteiger partial charge in [-0.15, -0.1) is 0 Å². The van der Waals surface area contributed by atoms with Crippen LogP contribution in [0.1, 0.15) is 31.8 Å². The van der Waals surface area contributed by atoms with Crippen LogP contribution in [0.25, 0.3) is 0 Å². The van der Waals surface area contributed by atoms with Crippen LogP contribution in [-0.4, -0.2) is 62.1 Å². The average molecular weight is 384 g/mol. The van der Waals surface area contributed by atoms with Gasteiger partial charge in [-0.1, -0.05) is 0 Å². The Kier molecular flexibility index (Phi) is 5.81. The van der Waals surface area contributed by atoms with Gasteiger partial charge in [0.05, 0.1) is 22.3 Å². The molecule has 0 aromatic heterocycles. The van der Waals surface area contributed by atoms with Crippen molar-refractivity contribution in [2.75, 3.05) is 50.9 Å². The van der Waals surface area contributed by atoms with E-state index >= 15 is 0 Å². The Morgan fingerprint density at radius 2 is 1.04 bits per heavy atom. The van der Waals surface area contributed by atoms with Crippen molar-refractivity contribution in [1.29, 1.82) is 0 Å². The van der Waals surface area contributed by atoms with Crippen molar-refractivity contribution >= 4 is 22.9 Å². The second-order valence-corrected chi connectivity index (χ2v) is 6.48. The van der Waals surface area contributed by atoms with Crippen molar-refractivity contribution < 1.29 is 19.8 Å². The number of nitrogens with one attached hydrogen (secondary N) is 4. The van der Waals surface area contributed by atoms with E-state index in [4.69, 9.17) is 0 Å². The molecule has 6 N–H and O–H groups in total. The van der Waals surface area contributed by atoms with E-state index in [9.17, 15) is 19.8 Å². The van der Waals surface area contributed by atoms with Crippen LogP contribution < -0.4 is 21.3 Å². The summed E-state index contributed by atoms with van der Waals surface area (Å²) < 4.78 is 0. The van der Waals surface area contributed by atoms with E-state index in [1.165, 1.54) is 12.1 Å². The standard InChI is InChI=1S/C20H24N4O4/c1-21-7-9-23-11-3-4-12(24-10-8-22-2)16-15(11)19(27)17-13(25)5-6-14(26)18(17)20(16)28/h3-6,21-26H,7-10H2,1-2H3. The maximum atomic E-state index is 13.2. The first-order chi connectivity index (χ1) is 13.5. The number of carbonyl (C=O) groups is 2. The Labute approximate surface area is 163 Å². The van der Waals surface area contributed by atoms with Crippen LogP contribution in [0.15, 0.2) is 24.3 Å². The third-order valence-electron chi connectivity index (χ3n) is 4.66. The fourth-order valence-corrected chi connectivity index (χ4v) is 3.30. The van der Waals surface area contributed by atoms with Crippen molar-refractivity contribution in [2.45, 2.75) is 0 Å². The summed E-state index contributed by atoms with van der Waals surface area (Å²) in [5.74, 6) is -1.65. The molecule has 8 heteroatoms. The largest absolute Gasteiger partial charge is 0.507 e. The van der Waals surface area contributed by atoms with E-state index in [2.05, 4.69) is 21.3 Å². The molecule has 2 aromatic carbocycles. The Hall–Kier alpha value is -3.10. The fraction of sp³-hybridized carbons (Fsp3) is 0.300. The molecule has 8 nitrogen and oxygen atoms in total. The number of hydrogen-bond acceptors (Lipinski definition) is 8. The van der Waals surface area contributed by atoms with Crippen molar-refractivity contribution in [3.63, 3.8) is 0 Å². The first-order valence-corrected chi connectivity index (χ1v) is 9.09. The molecule has 0 atom stereocenters. The summed E-state index contributed by atoms with van der Waals surface area (Å²) in [4.78, 5) is 26.5. The number of aromatic hydroxyl groups is 2. The molecule has 0 radical (unpaired) electrons.